The zero-order valence-corrected chi connectivity index (χ0v) is 9.99. The summed E-state index contributed by atoms with van der Waals surface area (Å²) >= 11 is 10.6. The van der Waals surface area contributed by atoms with E-state index in [1.54, 1.807) is 0 Å². The fraction of sp³-hybridized carbons (Fsp3) is 0.167. The van der Waals surface area contributed by atoms with Crippen molar-refractivity contribution in [1.82, 2.24) is 4.98 Å². The monoisotopic (exact) mass is 367 g/mol. The standard InChI is InChI=1S/C6H2BrClF2IN/c7-3-4(8)2(11)1-12-5(3)6(9)10/h1,6H. The number of pyridine rings is 1. The molecule has 0 aliphatic heterocycles. The maximum absolute atomic E-state index is 12.2. The maximum Gasteiger partial charge on any atom is 0.281 e. The third-order valence-electron chi connectivity index (χ3n) is 1.15. The largest absolute Gasteiger partial charge is 0.281 e. The maximum atomic E-state index is 12.2. The van der Waals surface area contributed by atoms with Gasteiger partial charge >= 0.3 is 0 Å². The Kier molecular flexibility index (Phi) is 3.66. The van der Waals surface area contributed by atoms with E-state index in [0.717, 1.165) is 0 Å². The highest BCUT2D eigenvalue weighted by molar-refractivity contribution is 14.1. The van der Waals surface area contributed by atoms with Crippen molar-refractivity contribution >= 4 is 50.1 Å². The van der Waals surface area contributed by atoms with Crippen molar-refractivity contribution in [2.75, 3.05) is 0 Å². The second-order valence-corrected chi connectivity index (χ2v) is 4.25. The highest BCUT2D eigenvalue weighted by Gasteiger charge is 2.16. The van der Waals surface area contributed by atoms with Crippen molar-refractivity contribution in [3.63, 3.8) is 0 Å². The van der Waals surface area contributed by atoms with E-state index in [0.29, 0.717) is 3.57 Å². The van der Waals surface area contributed by atoms with Crippen LogP contribution in [0.1, 0.15) is 12.1 Å². The number of hydrogen-bond donors (Lipinski definition) is 0. The Labute approximate surface area is 94.8 Å². The predicted octanol–water partition coefficient (Wildman–Crippen LogP) is 4.04. The Balaban J connectivity index is 3.27. The summed E-state index contributed by atoms with van der Waals surface area (Å²) in [6, 6.07) is 0. The highest BCUT2D eigenvalue weighted by atomic mass is 127. The lowest BCUT2D eigenvalue weighted by Crippen LogP contribution is -1.93. The van der Waals surface area contributed by atoms with Gasteiger partial charge in [-0.3, -0.25) is 4.98 Å². The Morgan fingerprint density at radius 2 is 2.17 bits per heavy atom. The summed E-state index contributed by atoms with van der Waals surface area (Å²) in [5, 5.41) is 0.279. The molecular formula is C6H2BrClF2IN. The van der Waals surface area contributed by atoms with Crippen molar-refractivity contribution < 1.29 is 8.78 Å². The second kappa shape index (κ2) is 4.15. The van der Waals surface area contributed by atoms with Crippen LogP contribution in [0.4, 0.5) is 8.78 Å². The van der Waals surface area contributed by atoms with Crippen molar-refractivity contribution in [2.24, 2.45) is 0 Å². The SMILES string of the molecule is FC(F)c1ncc(I)c(Cl)c1Br. The van der Waals surface area contributed by atoms with Gasteiger partial charge in [0.1, 0.15) is 5.69 Å². The summed E-state index contributed by atoms with van der Waals surface area (Å²) in [4.78, 5) is 3.55. The lowest BCUT2D eigenvalue weighted by molar-refractivity contribution is 0.145. The van der Waals surface area contributed by atoms with Gasteiger partial charge in [-0.1, -0.05) is 11.6 Å². The van der Waals surface area contributed by atoms with Gasteiger partial charge in [0, 0.05) is 6.20 Å². The number of alkyl halides is 2. The molecule has 66 valence electrons. The molecule has 0 unspecified atom stereocenters. The molecule has 1 aromatic rings. The molecule has 0 aliphatic rings. The Bertz CT molecular complexity index is 308. The molecule has 0 aromatic carbocycles. The number of halogens is 5. The summed E-state index contributed by atoms with van der Waals surface area (Å²) < 4.78 is 25.2. The normalized spacial score (nSPS) is 10.8. The van der Waals surface area contributed by atoms with Gasteiger partial charge in [-0.25, -0.2) is 8.78 Å². The molecule has 0 aliphatic carbocycles. The summed E-state index contributed by atoms with van der Waals surface area (Å²) in [5.41, 5.74) is -0.319. The molecule has 0 N–H and O–H groups in total. The Hall–Kier alpha value is 0.510. The van der Waals surface area contributed by atoms with Gasteiger partial charge < -0.3 is 0 Å². The van der Waals surface area contributed by atoms with Gasteiger partial charge in [0.05, 0.1) is 13.1 Å². The van der Waals surface area contributed by atoms with Gasteiger partial charge in [-0.05, 0) is 38.5 Å². The zero-order valence-electron chi connectivity index (χ0n) is 5.49. The molecule has 6 heteroatoms. The minimum Gasteiger partial charge on any atom is -0.253 e. The molecule has 0 bridgehead atoms. The van der Waals surface area contributed by atoms with E-state index in [2.05, 4.69) is 20.9 Å². The van der Waals surface area contributed by atoms with Crippen molar-refractivity contribution in [3.8, 4) is 0 Å². The predicted molar refractivity (Wildman–Crippen MR) is 54.6 cm³/mol. The van der Waals surface area contributed by atoms with Gasteiger partial charge in [-0.15, -0.1) is 0 Å². The molecule has 0 fully saturated rings. The lowest BCUT2D eigenvalue weighted by Gasteiger charge is -2.04. The molecule has 0 saturated carbocycles. The number of rotatable bonds is 1. The minimum absolute atomic E-state index is 0.172. The summed E-state index contributed by atoms with van der Waals surface area (Å²) in [7, 11) is 0. The molecular weight excluding hydrogens is 366 g/mol. The van der Waals surface area contributed by atoms with E-state index in [9.17, 15) is 8.78 Å². The van der Waals surface area contributed by atoms with Crippen LogP contribution in [0, 0.1) is 3.57 Å². The van der Waals surface area contributed by atoms with Crippen molar-refractivity contribution in [1.29, 1.82) is 0 Å². The van der Waals surface area contributed by atoms with Gasteiger partial charge in [0.25, 0.3) is 6.43 Å². The molecule has 0 saturated heterocycles. The van der Waals surface area contributed by atoms with E-state index in [4.69, 9.17) is 11.6 Å². The van der Waals surface area contributed by atoms with Crippen LogP contribution < -0.4 is 0 Å². The van der Waals surface area contributed by atoms with Crippen molar-refractivity contribution in [3.05, 3.63) is 25.0 Å². The quantitative estimate of drug-likeness (QED) is 0.682. The smallest absolute Gasteiger partial charge is 0.253 e. The zero-order chi connectivity index (χ0) is 9.30. The molecule has 1 rings (SSSR count). The number of nitrogens with zero attached hydrogens (tertiary/aromatic N) is 1. The molecule has 0 atom stereocenters. The van der Waals surface area contributed by atoms with Crippen LogP contribution in [0.5, 0.6) is 0 Å². The molecule has 0 radical (unpaired) electrons. The number of aromatic nitrogens is 1. The molecule has 1 aromatic heterocycles. The van der Waals surface area contributed by atoms with Crippen LogP contribution >= 0.6 is 50.1 Å². The number of hydrogen-bond acceptors (Lipinski definition) is 1. The highest BCUT2D eigenvalue weighted by Crippen LogP contribution is 2.33. The van der Waals surface area contributed by atoms with Crippen LogP contribution in [0.25, 0.3) is 0 Å². The second-order valence-electron chi connectivity index (χ2n) is 1.92. The first-order valence-corrected chi connectivity index (χ1v) is 5.06. The van der Waals surface area contributed by atoms with E-state index in [-0.39, 0.29) is 15.2 Å². The first-order chi connectivity index (χ1) is 5.54. The minimum atomic E-state index is -2.60. The fourth-order valence-electron chi connectivity index (χ4n) is 0.609. The first-order valence-electron chi connectivity index (χ1n) is 2.81. The van der Waals surface area contributed by atoms with Gasteiger partial charge in [0.15, 0.2) is 0 Å². The molecule has 1 heterocycles. The molecule has 12 heavy (non-hydrogen) atoms. The third-order valence-corrected chi connectivity index (χ3v) is 3.71. The van der Waals surface area contributed by atoms with Gasteiger partial charge in [-0.2, -0.15) is 0 Å². The van der Waals surface area contributed by atoms with E-state index in [1.165, 1.54) is 6.20 Å². The summed E-state index contributed by atoms with van der Waals surface area (Å²) in [6.07, 6.45) is -1.29. The van der Waals surface area contributed by atoms with Crippen LogP contribution in [0.3, 0.4) is 0 Å². The van der Waals surface area contributed by atoms with Crippen LogP contribution in [0.2, 0.25) is 5.02 Å². The average molecular weight is 368 g/mol. The summed E-state index contributed by atoms with van der Waals surface area (Å²) in [5.74, 6) is 0. The Morgan fingerprint density at radius 1 is 1.58 bits per heavy atom. The summed E-state index contributed by atoms with van der Waals surface area (Å²) in [6.45, 7) is 0. The van der Waals surface area contributed by atoms with E-state index >= 15 is 0 Å². The molecule has 1 nitrogen and oxygen atoms in total. The fourth-order valence-corrected chi connectivity index (χ4v) is 2.02. The van der Waals surface area contributed by atoms with Crippen LogP contribution in [-0.4, -0.2) is 4.98 Å². The average Bonchev–Trinajstić information content (AvgIpc) is 2.00. The van der Waals surface area contributed by atoms with Gasteiger partial charge in [0.2, 0.25) is 0 Å². The third kappa shape index (κ3) is 2.05. The van der Waals surface area contributed by atoms with Crippen molar-refractivity contribution in [2.45, 2.75) is 6.43 Å². The lowest BCUT2D eigenvalue weighted by atomic mass is 10.4. The topological polar surface area (TPSA) is 12.9 Å². The first kappa shape index (κ1) is 10.6. The van der Waals surface area contributed by atoms with E-state index < -0.39 is 6.43 Å². The Morgan fingerprint density at radius 3 is 2.67 bits per heavy atom. The van der Waals surface area contributed by atoms with E-state index in [1.807, 2.05) is 22.6 Å². The molecule has 0 amide bonds. The van der Waals surface area contributed by atoms with Crippen LogP contribution in [-0.2, 0) is 0 Å². The molecule has 0 spiro atoms. The van der Waals surface area contributed by atoms with Crippen LogP contribution in [0.15, 0.2) is 10.7 Å².